The Labute approximate surface area is 187 Å². The molecule has 0 saturated carbocycles. The molecular weight excluding hydrogens is 434 g/mol. The number of rotatable bonds is 10. The van der Waals surface area contributed by atoms with E-state index in [0.717, 1.165) is 23.6 Å². The van der Waals surface area contributed by atoms with Crippen LogP contribution in [0.1, 0.15) is 36.3 Å². The lowest BCUT2D eigenvalue weighted by molar-refractivity contribution is 0.0944. The van der Waals surface area contributed by atoms with Crippen molar-refractivity contribution in [3.63, 3.8) is 0 Å². The van der Waals surface area contributed by atoms with E-state index in [0.29, 0.717) is 17.8 Å². The van der Waals surface area contributed by atoms with Gasteiger partial charge in [-0.15, -0.1) is 0 Å². The number of aromatic nitrogens is 4. The second-order valence-corrected chi connectivity index (χ2v) is 9.52. The molecule has 5 N–H and O–H groups in total. The Morgan fingerprint density at radius 3 is 2.74 bits per heavy atom. The van der Waals surface area contributed by atoms with Gasteiger partial charge in [-0.3, -0.25) is 14.6 Å². The van der Waals surface area contributed by atoms with Crippen LogP contribution in [0.4, 0.5) is 11.6 Å². The Bertz CT molecular complexity index is 1090. The lowest BCUT2D eigenvalue weighted by Crippen LogP contribution is -2.34. The number of carbonyl (C=O) groups is 1. The maximum Gasteiger partial charge on any atom is 0.280 e. The molecule has 1 aromatic carbocycles. The fraction of sp³-hybridized carbons (Fsp3) is 0.350. The highest BCUT2D eigenvalue weighted by Crippen LogP contribution is 2.22. The number of benzene rings is 1. The van der Waals surface area contributed by atoms with Crippen LogP contribution < -0.4 is 21.9 Å². The first-order valence-corrected chi connectivity index (χ1v) is 12.4. The van der Waals surface area contributed by atoms with Crippen LogP contribution in [0.15, 0.2) is 35.3 Å². The van der Waals surface area contributed by atoms with Crippen LogP contribution in [-0.2, 0) is 6.54 Å². The summed E-state index contributed by atoms with van der Waals surface area (Å²) in [6.07, 6.45) is 2.69. The molecule has 9 nitrogen and oxygen atoms in total. The van der Waals surface area contributed by atoms with Crippen molar-refractivity contribution in [1.82, 2.24) is 25.3 Å². The molecule has 164 valence electrons. The molecule has 0 fully saturated rings. The third-order valence-corrected chi connectivity index (χ3v) is 6.96. The van der Waals surface area contributed by atoms with Crippen LogP contribution in [0.25, 0.3) is 11.2 Å². The Morgan fingerprint density at radius 1 is 1.23 bits per heavy atom. The van der Waals surface area contributed by atoms with Gasteiger partial charge in [-0.25, -0.2) is 9.97 Å². The summed E-state index contributed by atoms with van der Waals surface area (Å²) in [6, 6.07) is 7.29. The van der Waals surface area contributed by atoms with Crippen molar-refractivity contribution in [2.75, 3.05) is 22.6 Å². The number of H-pyrrole nitrogens is 1. The van der Waals surface area contributed by atoms with Gasteiger partial charge in [0.05, 0.1) is 18.4 Å². The van der Waals surface area contributed by atoms with Gasteiger partial charge in [-0.2, -0.15) is 4.98 Å². The molecule has 3 rings (SSSR count). The number of hydrogen-bond acceptors (Lipinski definition) is 9. The highest BCUT2D eigenvalue weighted by molar-refractivity contribution is 8.76. The van der Waals surface area contributed by atoms with E-state index in [2.05, 4.69) is 37.5 Å². The van der Waals surface area contributed by atoms with Gasteiger partial charge in [0.15, 0.2) is 11.2 Å². The van der Waals surface area contributed by atoms with Crippen LogP contribution in [0, 0.1) is 0 Å². The molecular formula is C20H25N7O2S2. The van der Waals surface area contributed by atoms with Crippen molar-refractivity contribution in [3.8, 4) is 0 Å². The zero-order valence-electron chi connectivity index (χ0n) is 17.3. The molecule has 0 aliphatic rings. The van der Waals surface area contributed by atoms with Crippen molar-refractivity contribution in [2.24, 2.45) is 0 Å². The molecule has 11 heteroatoms. The molecule has 0 bridgehead atoms. The van der Waals surface area contributed by atoms with E-state index >= 15 is 0 Å². The van der Waals surface area contributed by atoms with Crippen LogP contribution >= 0.6 is 21.6 Å². The third kappa shape index (κ3) is 6.59. The van der Waals surface area contributed by atoms with Gasteiger partial charge >= 0.3 is 0 Å². The second-order valence-electron chi connectivity index (χ2n) is 6.90. The van der Waals surface area contributed by atoms with E-state index in [1.807, 2.05) is 29.9 Å². The number of anilines is 2. The van der Waals surface area contributed by atoms with Crippen LogP contribution in [0.3, 0.4) is 0 Å². The summed E-state index contributed by atoms with van der Waals surface area (Å²) in [5, 5.41) is 6.22. The average Bonchev–Trinajstić information content (AvgIpc) is 2.75. The number of carbonyl (C=O) groups excluding carboxylic acids is 1. The first-order valence-electron chi connectivity index (χ1n) is 9.87. The van der Waals surface area contributed by atoms with Gasteiger partial charge < -0.3 is 16.4 Å². The van der Waals surface area contributed by atoms with Gasteiger partial charge in [0.1, 0.15) is 0 Å². The average molecular weight is 460 g/mol. The largest absolute Gasteiger partial charge is 0.379 e. The lowest BCUT2D eigenvalue weighted by Gasteiger charge is -2.13. The summed E-state index contributed by atoms with van der Waals surface area (Å²) in [4.78, 5) is 39.2. The molecule has 2 heterocycles. The van der Waals surface area contributed by atoms with Crippen molar-refractivity contribution < 1.29 is 4.79 Å². The summed E-state index contributed by atoms with van der Waals surface area (Å²) in [5.41, 5.74) is 7.44. The first kappa shape index (κ1) is 22.9. The number of fused-ring (bicyclic) bond motifs is 1. The summed E-state index contributed by atoms with van der Waals surface area (Å²) < 4.78 is 0. The lowest BCUT2D eigenvalue weighted by atomic mass is 10.2. The predicted molar refractivity (Wildman–Crippen MR) is 128 cm³/mol. The minimum atomic E-state index is -0.427. The first-order chi connectivity index (χ1) is 15.0. The molecule has 0 aliphatic heterocycles. The van der Waals surface area contributed by atoms with Crippen LogP contribution in [0.2, 0.25) is 0 Å². The van der Waals surface area contributed by atoms with Crippen LogP contribution in [0.5, 0.6) is 0 Å². The fourth-order valence-electron chi connectivity index (χ4n) is 2.63. The Morgan fingerprint density at radius 2 is 2.00 bits per heavy atom. The smallest absolute Gasteiger partial charge is 0.280 e. The quantitative estimate of drug-likeness (QED) is 0.266. The fourth-order valence-corrected chi connectivity index (χ4v) is 5.05. The SMILES string of the molecule is CCCSSC[C@@H](C)NC(=O)c1ccc(NCc2cnc3nc(N)[nH]c(=O)c3n2)cc1. The number of nitrogens with two attached hydrogens (primary N) is 1. The molecule has 0 unspecified atom stereocenters. The zero-order valence-corrected chi connectivity index (χ0v) is 19.0. The summed E-state index contributed by atoms with van der Waals surface area (Å²) in [7, 11) is 3.61. The normalized spacial score (nSPS) is 11.9. The number of amides is 1. The van der Waals surface area contributed by atoms with Gasteiger partial charge in [-0.1, -0.05) is 28.5 Å². The van der Waals surface area contributed by atoms with Gasteiger partial charge in [0.2, 0.25) is 5.95 Å². The molecule has 0 spiro atoms. The standard InChI is InChI=1S/C20H25N7O2S2/c1-3-8-30-31-11-12(2)24-18(28)13-4-6-14(7-5-13)22-9-15-10-23-17-16(25-15)19(29)27-20(21)26-17/h4-7,10,12,22H,3,8-9,11H2,1-2H3,(H,24,28)(H3,21,23,26,27,29)/t12-/m1/s1. The van der Waals surface area contributed by atoms with E-state index in [1.54, 1.807) is 29.1 Å². The second kappa shape index (κ2) is 11.0. The van der Waals surface area contributed by atoms with E-state index < -0.39 is 5.56 Å². The maximum atomic E-state index is 12.4. The maximum absolute atomic E-state index is 12.4. The van der Waals surface area contributed by atoms with Crippen molar-refractivity contribution in [3.05, 3.63) is 52.1 Å². The molecule has 0 saturated heterocycles. The summed E-state index contributed by atoms with van der Waals surface area (Å²) in [5.74, 6) is 1.90. The molecule has 0 radical (unpaired) electrons. The highest BCUT2D eigenvalue weighted by Gasteiger charge is 2.10. The van der Waals surface area contributed by atoms with E-state index in [1.165, 1.54) is 0 Å². The molecule has 3 aromatic rings. The Balaban J connectivity index is 1.54. The molecule has 1 amide bonds. The molecule has 2 aromatic heterocycles. The Kier molecular flexibility index (Phi) is 8.13. The topological polar surface area (TPSA) is 139 Å². The number of nitrogens with zero attached hydrogens (tertiary/aromatic N) is 3. The number of nitrogen functional groups attached to an aromatic ring is 1. The minimum absolute atomic E-state index is 0.00494. The van der Waals surface area contributed by atoms with E-state index in [9.17, 15) is 9.59 Å². The highest BCUT2D eigenvalue weighted by atomic mass is 33.1. The van der Waals surface area contributed by atoms with Gasteiger partial charge in [-0.05, 0) is 37.6 Å². The minimum Gasteiger partial charge on any atom is -0.379 e. The third-order valence-electron chi connectivity index (χ3n) is 4.17. The van der Waals surface area contributed by atoms with Crippen molar-refractivity contribution in [2.45, 2.75) is 32.9 Å². The predicted octanol–water partition coefficient (Wildman–Crippen LogP) is 2.82. The number of nitrogens with one attached hydrogen (secondary N) is 3. The van der Waals surface area contributed by atoms with Crippen molar-refractivity contribution in [1.29, 1.82) is 0 Å². The number of aromatic amines is 1. The number of hydrogen-bond donors (Lipinski definition) is 4. The molecule has 31 heavy (non-hydrogen) atoms. The van der Waals surface area contributed by atoms with Crippen LogP contribution in [-0.4, -0.2) is 43.4 Å². The van der Waals surface area contributed by atoms with E-state index in [4.69, 9.17) is 5.73 Å². The van der Waals surface area contributed by atoms with Crippen molar-refractivity contribution >= 4 is 50.3 Å². The summed E-state index contributed by atoms with van der Waals surface area (Å²) >= 11 is 0. The zero-order chi connectivity index (χ0) is 22.2. The molecule has 0 aliphatic carbocycles. The molecule has 1 atom stereocenters. The summed E-state index contributed by atoms with van der Waals surface area (Å²) in [6.45, 7) is 4.52. The van der Waals surface area contributed by atoms with Gasteiger partial charge in [0, 0.05) is 28.8 Å². The Hall–Kier alpha value is -2.79. The van der Waals surface area contributed by atoms with Gasteiger partial charge in [0.25, 0.3) is 11.5 Å². The van der Waals surface area contributed by atoms with E-state index in [-0.39, 0.29) is 29.1 Å². The monoisotopic (exact) mass is 459 g/mol.